The van der Waals surface area contributed by atoms with Crippen LogP contribution in [-0.2, 0) is 19.2 Å². The molecule has 3 rings (SSSR count). The Morgan fingerprint density at radius 1 is 1.07 bits per heavy atom. The number of halogens is 3. The lowest BCUT2D eigenvalue weighted by atomic mass is 9.81. The van der Waals surface area contributed by atoms with Crippen LogP contribution in [0.4, 0.5) is 18.9 Å². The van der Waals surface area contributed by atoms with E-state index in [1.54, 1.807) is 0 Å². The molecule has 10 heteroatoms. The second-order valence-electron chi connectivity index (χ2n) is 7.28. The number of nitrogens with one attached hydrogen (secondary N) is 1. The molecule has 2 fully saturated rings. The molecule has 0 radical (unpaired) electrons. The summed E-state index contributed by atoms with van der Waals surface area (Å²) in [7, 11) is 1.28. The number of rotatable bonds is 5. The molecule has 1 aliphatic carbocycles. The maximum absolute atomic E-state index is 13.6. The van der Waals surface area contributed by atoms with Crippen molar-refractivity contribution in [3.8, 4) is 0 Å². The maximum atomic E-state index is 13.6. The number of amides is 4. The SMILES string of the molecule is CN(CC(=O)Nc1ccc(F)c(F)c1F)C(=O)CN1C(=O)[C@@H]2CCCC[C@H]2C1=O. The summed E-state index contributed by atoms with van der Waals surface area (Å²) >= 11 is 0. The lowest BCUT2D eigenvalue weighted by Crippen LogP contribution is -2.44. The Morgan fingerprint density at radius 2 is 1.66 bits per heavy atom. The first-order valence-corrected chi connectivity index (χ1v) is 9.23. The van der Waals surface area contributed by atoms with Crippen LogP contribution in [0.25, 0.3) is 0 Å². The summed E-state index contributed by atoms with van der Waals surface area (Å²) in [5, 5.41) is 2.05. The molecule has 0 bridgehead atoms. The predicted molar refractivity (Wildman–Crippen MR) is 94.8 cm³/mol. The van der Waals surface area contributed by atoms with Gasteiger partial charge in [0, 0.05) is 7.05 Å². The average molecular weight is 411 g/mol. The van der Waals surface area contributed by atoms with Gasteiger partial charge in [0.15, 0.2) is 17.5 Å². The highest BCUT2D eigenvalue weighted by atomic mass is 19.2. The number of likely N-dealkylation sites (N-methyl/N-ethyl adjacent to an activating group) is 1. The summed E-state index contributed by atoms with van der Waals surface area (Å²) in [6.07, 6.45) is 2.97. The van der Waals surface area contributed by atoms with Crippen LogP contribution in [0, 0.1) is 29.3 Å². The largest absolute Gasteiger partial charge is 0.335 e. The molecule has 0 spiro atoms. The van der Waals surface area contributed by atoms with Crippen LogP contribution in [-0.4, -0.2) is 53.6 Å². The Labute approximate surface area is 164 Å². The van der Waals surface area contributed by atoms with E-state index in [0.717, 1.165) is 28.7 Å². The zero-order valence-electron chi connectivity index (χ0n) is 15.7. The number of hydrogen-bond donors (Lipinski definition) is 1. The third-order valence-corrected chi connectivity index (χ3v) is 5.34. The Balaban J connectivity index is 1.58. The first-order valence-electron chi connectivity index (χ1n) is 9.23. The van der Waals surface area contributed by atoms with Crippen molar-refractivity contribution in [1.29, 1.82) is 0 Å². The molecule has 1 aromatic carbocycles. The van der Waals surface area contributed by atoms with Crippen molar-refractivity contribution in [3.63, 3.8) is 0 Å². The normalized spacial score (nSPS) is 21.2. The Hall–Kier alpha value is -2.91. The standard InChI is InChI=1S/C19H20F3N3O4/c1-24(8-14(26)23-13-7-6-12(20)16(21)17(13)22)15(27)9-25-18(28)10-4-2-3-5-11(10)19(25)29/h6-7,10-11H,2-5,8-9H2,1H3,(H,23,26)/t10-,11-/m1/s1. The van der Waals surface area contributed by atoms with Crippen molar-refractivity contribution in [2.75, 3.05) is 25.5 Å². The molecule has 1 aromatic rings. The van der Waals surface area contributed by atoms with E-state index < -0.39 is 48.0 Å². The molecule has 1 saturated heterocycles. The van der Waals surface area contributed by atoms with Gasteiger partial charge in [-0.2, -0.15) is 0 Å². The number of fused-ring (bicyclic) bond motifs is 1. The zero-order valence-corrected chi connectivity index (χ0v) is 15.7. The summed E-state index contributed by atoms with van der Waals surface area (Å²) in [6.45, 7) is -1.01. The fourth-order valence-corrected chi connectivity index (χ4v) is 3.76. The van der Waals surface area contributed by atoms with Crippen LogP contribution < -0.4 is 5.32 Å². The summed E-state index contributed by atoms with van der Waals surface area (Å²) in [5.74, 6) is -7.66. The number of carbonyl (C=O) groups is 4. The van der Waals surface area contributed by atoms with Crippen LogP contribution >= 0.6 is 0 Å². The minimum atomic E-state index is -1.72. The summed E-state index contributed by atoms with van der Waals surface area (Å²) in [4.78, 5) is 51.1. The fourth-order valence-electron chi connectivity index (χ4n) is 3.76. The van der Waals surface area contributed by atoms with Crippen LogP contribution in [0.15, 0.2) is 12.1 Å². The summed E-state index contributed by atoms with van der Waals surface area (Å²) in [5.41, 5.74) is -0.566. The van der Waals surface area contributed by atoms with Crippen LogP contribution in [0.3, 0.4) is 0 Å². The number of anilines is 1. The molecule has 0 aromatic heterocycles. The van der Waals surface area contributed by atoms with E-state index in [-0.39, 0.29) is 23.7 Å². The fraction of sp³-hybridized carbons (Fsp3) is 0.474. The van der Waals surface area contributed by atoms with Gasteiger partial charge in [0.1, 0.15) is 6.54 Å². The molecule has 2 aliphatic rings. The lowest BCUT2D eigenvalue weighted by molar-refractivity contribution is -0.146. The number of benzene rings is 1. The van der Waals surface area contributed by atoms with Gasteiger partial charge in [-0.05, 0) is 25.0 Å². The third kappa shape index (κ3) is 4.10. The van der Waals surface area contributed by atoms with Crippen molar-refractivity contribution in [2.45, 2.75) is 25.7 Å². The maximum Gasteiger partial charge on any atom is 0.244 e. The van der Waals surface area contributed by atoms with E-state index in [9.17, 15) is 32.3 Å². The quantitative estimate of drug-likeness (QED) is 0.590. The molecular formula is C19H20F3N3O4. The third-order valence-electron chi connectivity index (χ3n) is 5.34. The first-order chi connectivity index (χ1) is 13.7. The van der Waals surface area contributed by atoms with E-state index in [1.807, 2.05) is 0 Å². The lowest BCUT2D eigenvalue weighted by Gasteiger charge is -2.20. The Kier molecular flexibility index (Phi) is 5.90. The molecule has 1 aliphatic heterocycles. The number of imide groups is 1. The summed E-state index contributed by atoms with van der Waals surface area (Å²) in [6, 6.07) is 1.52. The molecule has 2 atom stereocenters. The van der Waals surface area contributed by atoms with Gasteiger partial charge in [0.05, 0.1) is 24.1 Å². The van der Waals surface area contributed by atoms with Gasteiger partial charge in [0.25, 0.3) is 0 Å². The second kappa shape index (κ2) is 8.22. The van der Waals surface area contributed by atoms with E-state index in [0.29, 0.717) is 18.9 Å². The number of likely N-dealkylation sites (tertiary alicyclic amines) is 1. The van der Waals surface area contributed by atoms with Crippen LogP contribution in [0.5, 0.6) is 0 Å². The number of nitrogens with zero attached hydrogens (tertiary/aromatic N) is 2. The van der Waals surface area contributed by atoms with E-state index in [2.05, 4.69) is 5.32 Å². The monoisotopic (exact) mass is 411 g/mol. The van der Waals surface area contributed by atoms with Crippen molar-refractivity contribution in [3.05, 3.63) is 29.6 Å². The van der Waals surface area contributed by atoms with Gasteiger partial charge >= 0.3 is 0 Å². The van der Waals surface area contributed by atoms with Gasteiger partial charge in [-0.3, -0.25) is 24.1 Å². The van der Waals surface area contributed by atoms with E-state index in [4.69, 9.17) is 0 Å². The highest BCUT2D eigenvalue weighted by Crippen LogP contribution is 2.37. The highest BCUT2D eigenvalue weighted by molar-refractivity contribution is 6.07. The minimum Gasteiger partial charge on any atom is -0.335 e. The van der Waals surface area contributed by atoms with Gasteiger partial charge in [-0.1, -0.05) is 12.8 Å². The smallest absolute Gasteiger partial charge is 0.244 e. The van der Waals surface area contributed by atoms with Crippen LogP contribution in [0.1, 0.15) is 25.7 Å². The zero-order chi connectivity index (χ0) is 21.3. The van der Waals surface area contributed by atoms with Gasteiger partial charge in [-0.25, -0.2) is 13.2 Å². The second-order valence-corrected chi connectivity index (χ2v) is 7.28. The predicted octanol–water partition coefficient (Wildman–Crippen LogP) is 1.68. The number of carbonyl (C=O) groups excluding carboxylic acids is 4. The molecule has 7 nitrogen and oxygen atoms in total. The molecule has 156 valence electrons. The van der Waals surface area contributed by atoms with Crippen molar-refractivity contribution in [1.82, 2.24) is 9.80 Å². The molecule has 1 saturated carbocycles. The molecule has 1 heterocycles. The first kappa shape index (κ1) is 20.8. The Morgan fingerprint density at radius 3 is 2.24 bits per heavy atom. The molecular weight excluding hydrogens is 391 g/mol. The molecule has 1 N–H and O–H groups in total. The van der Waals surface area contributed by atoms with E-state index >= 15 is 0 Å². The minimum absolute atomic E-state index is 0.366. The van der Waals surface area contributed by atoms with Crippen LogP contribution in [0.2, 0.25) is 0 Å². The average Bonchev–Trinajstić information content (AvgIpc) is 2.93. The van der Waals surface area contributed by atoms with Crippen molar-refractivity contribution >= 4 is 29.3 Å². The topological polar surface area (TPSA) is 86.8 Å². The van der Waals surface area contributed by atoms with E-state index in [1.165, 1.54) is 7.05 Å². The van der Waals surface area contributed by atoms with Gasteiger partial charge in [0.2, 0.25) is 23.6 Å². The van der Waals surface area contributed by atoms with Crippen molar-refractivity contribution in [2.24, 2.45) is 11.8 Å². The highest BCUT2D eigenvalue weighted by Gasteiger charge is 2.48. The molecule has 0 unspecified atom stereocenters. The number of hydrogen-bond acceptors (Lipinski definition) is 4. The van der Waals surface area contributed by atoms with Gasteiger partial charge in [-0.15, -0.1) is 0 Å². The molecule has 29 heavy (non-hydrogen) atoms. The Bertz CT molecular complexity index is 853. The van der Waals surface area contributed by atoms with Gasteiger partial charge < -0.3 is 10.2 Å². The van der Waals surface area contributed by atoms with Crippen molar-refractivity contribution < 1.29 is 32.3 Å². The summed E-state index contributed by atoms with van der Waals surface area (Å²) < 4.78 is 39.8. The molecule has 4 amide bonds.